The van der Waals surface area contributed by atoms with E-state index in [4.69, 9.17) is 16.9 Å². The van der Waals surface area contributed by atoms with E-state index in [9.17, 15) is 9.59 Å². The van der Waals surface area contributed by atoms with Crippen LogP contribution in [0.5, 0.6) is 0 Å². The monoisotopic (exact) mass is 271 g/mol. The molecular weight excluding hydrogens is 262 g/mol. The molecule has 0 fully saturated rings. The van der Waals surface area contributed by atoms with Gasteiger partial charge in [0.15, 0.2) is 0 Å². The standard InChI is InChI=1S/C11H10ClNO3S/c1-3-16-11(15)7(4-13)9(14)10-8(12)6(2)5-17-10/h5,7H,3H2,1-2H3. The Labute approximate surface area is 108 Å². The first-order chi connectivity index (χ1) is 8.02. The lowest BCUT2D eigenvalue weighted by Gasteiger charge is -2.06. The van der Waals surface area contributed by atoms with Gasteiger partial charge in [0.25, 0.3) is 0 Å². The molecule has 1 atom stereocenters. The molecule has 0 amide bonds. The predicted octanol–water partition coefficient (Wildman–Crippen LogP) is 2.60. The van der Waals surface area contributed by atoms with E-state index in [0.29, 0.717) is 5.02 Å². The number of nitriles is 1. The number of esters is 1. The molecule has 1 unspecified atom stereocenters. The fourth-order valence-electron chi connectivity index (χ4n) is 1.17. The molecule has 0 spiro atoms. The van der Waals surface area contributed by atoms with Crippen LogP contribution in [0.4, 0.5) is 0 Å². The highest BCUT2D eigenvalue weighted by Gasteiger charge is 2.31. The number of hydrogen-bond acceptors (Lipinski definition) is 5. The van der Waals surface area contributed by atoms with Gasteiger partial charge < -0.3 is 4.74 Å². The van der Waals surface area contributed by atoms with Gasteiger partial charge in [-0.3, -0.25) is 9.59 Å². The van der Waals surface area contributed by atoms with Crippen molar-refractivity contribution in [3.63, 3.8) is 0 Å². The quantitative estimate of drug-likeness (QED) is 0.480. The van der Waals surface area contributed by atoms with Gasteiger partial charge in [-0.25, -0.2) is 0 Å². The van der Waals surface area contributed by atoms with Crippen molar-refractivity contribution >= 4 is 34.7 Å². The molecule has 4 nitrogen and oxygen atoms in total. The molecule has 0 aliphatic heterocycles. The summed E-state index contributed by atoms with van der Waals surface area (Å²) in [6.45, 7) is 3.49. The molecule has 6 heteroatoms. The van der Waals surface area contributed by atoms with Gasteiger partial charge in [-0.2, -0.15) is 5.26 Å². The maximum Gasteiger partial charge on any atom is 0.331 e. The number of aryl methyl sites for hydroxylation is 1. The molecule has 0 saturated carbocycles. The van der Waals surface area contributed by atoms with Gasteiger partial charge in [-0.1, -0.05) is 11.6 Å². The Kier molecular flexibility index (Phi) is 4.67. The minimum Gasteiger partial charge on any atom is -0.465 e. The lowest BCUT2D eigenvalue weighted by atomic mass is 10.0. The van der Waals surface area contributed by atoms with Gasteiger partial charge >= 0.3 is 5.97 Å². The van der Waals surface area contributed by atoms with Crippen molar-refractivity contribution in [3.05, 3.63) is 20.8 Å². The number of halogens is 1. The van der Waals surface area contributed by atoms with E-state index in [1.165, 1.54) is 0 Å². The van der Waals surface area contributed by atoms with Crippen LogP contribution < -0.4 is 0 Å². The van der Waals surface area contributed by atoms with E-state index in [0.717, 1.165) is 16.9 Å². The minimum atomic E-state index is -1.44. The number of thiophene rings is 1. The molecule has 0 aromatic carbocycles. The minimum absolute atomic E-state index is 0.126. The number of ketones is 1. The van der Waals surface area contributed by atoms with Crippen molar-refractivity contribution in [3.8, 4) is 6.07 Å². The second kappa shape index (κ2) is 5.80. The van der Waals surface area contributed by atoms with Crippen molar-refractivity contribution in [2.75, 3.05) is 6.61 Å². The summed E-state index contributed by atoms with van der Waals surface area (Å²) < 4.78 is 4.66. The van der Waals surface area contributed by atoms with Crippen molar-refractivity contribution in [2.24, 2.45) is 5.92 Å². The number of carbonyl (C=O) groups excluding carboxylic acids is 2. The third kappa shape index (κ3) is 2.84. The average Bonchev–Trinajstić information content (AvgIpc) is 2.61. The first-order valence-electron chi connectivity index (χ1n) is 4.87. The van der Waals surface area contributed by atoms with Crippen LogP contribution in [-0.2, 0) is 9.53 Å². The Bertz CT molecular complexity index is 489. The Morgan fingerprint density at radius 3 is 2.71 bits per heavy atom. The van der Waals surface area contributed by atoms with Gasteiger partial charge in [0.1, 0.15) is 0 Å². The van der Waals surface area contributed by atoms with Gasteiger partial charge in [0.05, 0.1) is 22.6 Å². The maximum absolute atomic E-state index is 11.9. The second-order valence-corrected chi connectivity index (χ2v) is 4.50. The summed E-state index contributed by atoms with van der Waals surface area (Å²) in [4.78, 5) is 23.6. The topological polar surface area (TPSA) is 67.2 Å². The lowest BCUT2D eigenvalue weighted by molar-refractivity contribution is -0.144. The van der Waals surface area contributed by atoms with Crippen molar-refractivity contribution < 1.29 is 14.3 Å². The van der Waals surface area contributed by atoms with E-state index in [1.807, 2.05) is 0 Å². The van der Waals surface area contributed by atoms with Crippen molar-refractivity contribution in [1.82, 2.24) is 0 Å². The van der Waals surface area contributed by atoms with Crippen LogP contribution in [0.25, 0.3) is 0 Å². The predicted molar refractivity (Wildman–Crippen MR) is 64.1 cm³/mol. The maximum atomic E-state index is 11.9. The number of ether oxygens (including phenoxy) is 1. The largest absolute Gasteiger partial charge is 0.465 e. The second-order valence-electron chi connectivity index (χ2n) is 3.24. The molecule has 0 aliphatic rings. The van der Waals surface area contributed by atoms with Gasteiger partial charge in [-0.05, 0) is 24.8 Å². The van der Waals surface area contributed by atoms with E-state index in [2.05, 4.69) is 4.74 Å². The highest BCUT2D eigenvalue weighted by molar-refractivity contribution is 7.13. The van der Waals surface area contributed by atoms with Crippen LogP contribution in [0.15, 0.2) is 5.38 Å². The molecule has 1 rings (SSSR count). The van der Waals surface area contributed by atoms with E-state index in [-0.39, 0.29) is 11.5 Å². The Hall–Kier alpha value is -1.38. The fourth-order valence-corrected chi connectivity index (χ4v) is 2.43. The molecule has 17 heavy (non-hydrogen) atoms. The van der Waals surface area contributed by atoms with E-state index >= 15 is 0 Å². The lowest BCUT2D eigenvalue weighted by Crippen LogP contribution is -2.24. The zero-order valence-corrected chi connectivity index (χ0v) is 10.9. The highest BCUT2D eigenvalue weighted by Crippen LogP contribution is 2.29. The first kappa shape index (κ1) is 13.7. The van der Waals surface area contributed by atoms with Gasteiger partial charge in [-0.15, -0.1) is 11.3 Å². The third-order valence-electron chi connectivity index (χ3n) is 2.04. The van der Waals surface area contributed by atoms with Crippen LogP contribution in [0.1, 0.15) is 22.2 Å². The van der Waals surface area contributed by atoms with Crippen LogP contribution in [0, 0.1) is 24.2 Å². The third-order valence-corrected chi connectivity index (χ3v) is 3.75. The Morgan fingerprint density at radius 1 is 1.65 bits per heavy atom. The van der Waals surface area contributed by atoms with Crippen molar-refractivity contribution in [1.29, 1.82) is 5.26 Å². The van der Waals surface area contributed by atoms with E-state index in [1.54, 1.807) is 25.3 Å². The highest BCUT2D eigenvalue weighted by atomic mass is 35.5. The Balaban J connectivity index is 2.99. The van der Waals surface area contributed by atoms with Crippen LogP contribution >= 0.6 is 22.9 Å². The number of rotatable bonds is 4. The summed E-state index contributed by atoms with van der Waals surface area (Å²) >= 11 is 7.04. The van der Waals surface area contributed by atoms with Gasteiger partial charge in [0.2, 0.25) is 11.7 Å². The molecule has 90 valence electrons. The molecule has 1 aromatic heterocycles. The summed E-state index contributed by atoms with van der Waals surface area (Å²) in [6, 6.07) is 1.65. The number of carbonyl (C=O) groups is 2. The molecule has 0 aliphatic carbocycles. The SMILES string of the molecule is CCOC(=O)C(C#N)C(=O)c1scc(C)c1Cl. The summed E-state index contributed by atoms with van der Waals surface area (Å²) in [6.07, 6.45) is 0. The van der Waals surface area contributed by atoms with Crippen LogP contribution in [0.2, 0.25) is 5.02 Å². The molecular formula is C11H10ClNO3S. The molecule has 0 N–H and O–H groups in total. The molecule has 1 aromatic rings. The normalized spacial score (nSPS) is 11.6. The summed E-state index contributed by atoms with van der Waals surface area (Å²) in [5.74, 6) is -2.87. The zero-order valence-electron chi connectivity index (χ0n) is 9.32. The van der Waals surface area contributed by atoms with Gasteiger partial charge in [0, 0.05) is 0 Å². The summed E-state index contributed by atoms with van der Waals surface area (Å²) in [7, 11) is 0. The Morgan fingerprint density at radius 2 is 2.29 bits per heavy atom. The van der Waals surface area contributed by atoms with Crippen molar-refractivity contribution in [2.45, 2.75) is 13.8 Å². The summed E-state index contributed by atoms with van der Waals surface area (Å²) in [5, 5.41) is 10.8. The zero-order chi connectivity index (χ0) is 13.0. The molecule has 0 radical (unpaired) electrons. The number of nitrogens with zero attached hydrogens (tertiary/aromatic N) is 1. The number of Topliss-reactive ketones (excluding diaryl/α,β-unsaturated/α-hetero) is 1. The smallest absolute Gasteiger partial charge is 0.331 e. The average molecular weight is 272 g/mol. The molecule has 0 saturated heterocycles. The molecule has 0 bridgehead atoms. The van der Waals surface area contributed by atoms with Crippen LogP contribution in [0.3, 0.4) is 0 Å². The first-order valence-corrected chi connectivity index (χ1v) is 6.12. The number of hydrogen-bond donors (Lipinski definition) is 0. The van der Waals surface area contributed by atoms with E-state index < -0.39 is 17.7 Å². The molecule has 1 heterocycles. The fraction of sp³-hybridized carbons (Fsp3) is 0.364. The van der Waals surface area contributed by atoms with Crippen LogP contribution in [-0.4, -0.2) is 18.4 Å². The summed E-state index contributed by atoms with van der Waals surface area (Å²) in [5.41, 5.74) is 0.751.